The highest BCUT2D eigenvalue weighted by Gasteiger charge is 2.13. The average Bonchev–Trinajstić information content (AvgIpc) is 2.72. The Balaban J connectivity index is 2.24. The lowest BCUT2D eigenvalue weighted by Crippen LogP contribution is -2.13. The van der Waals surface area contributed by atoms with Crippen LogP contribution < -0.4 is 24.2 Å². The highest BCUT2D eigenvalue weighted by Crippen LogP contribution is 2.32. The first-order valence-electron chi connectivity index (χ1n) is 10.0. The second-order valence-corrected chi connectivity index (χ2v) is 8.81. The molecule has 0 fully saturated rings. The number of nitrogens with one attached hydrogen (secondary N) is 2. The summed E-state index contributed by atoms with van der Waals surface area (Å²) in [6.45, 7) is 2.18. The van der Waals surface area contributed by atoms with Crippen molar-refractivity contribution < 1.29 is 27.4 Å². The fourth-order valence-corrected chi connectivity index (χ4v) is 3.48. The van der Waals surface area contributed by atoms with Crippen LogP contribution in [-0.2, 0) is 21.4 Å². The first-order chi connectivity index (χ1) is 14.8. The SMILES string of the molecule is CCCCCC(=O)Nc1ccc(NS(C)(=O)=O)c(OCc2cc(OC)ccc2OC)c1. The highest BCUT2D eigenvalue weighted by atomic mass is 32.2. The summed E-state index contributed by atoms with van der Waals surface area (Å²) in [6, 6.07) is 10.1. The predicted octanol–water partition coefficient (Wildman–Crippen LogP) is 4.17. The monoisotopic (exact) mass is 450 g/mol. The number of benzene rings is 2. The molecule has 0 spiro atoms. The Morgan fingerprint density at radius 1 is 1.00 bits per heavy atom. The number of ether oxygens (including phenoxy) is 3. The van der Waals surface area contributed by atoms with Crippen LogP contribution in [0.4, 0.5) is 11.4 Å². The van der Waals surface area contributed by atoms with Crippen molar-refractivity contribution in [1.29, 1.82) is 0 Å². The van der Waals surface area contributed by atoms with Gasteiger partial charge in [-0.3, -0.25) is 9.52 Å². The van der Waals surface area contributed by atoms with Gasteiger partial charge in [-0.1, -0.05) is 19.8 Å². The van der Waals surface area contributed by atoms with Crippen LogP contribution in [-0.4, -0.2) is 34.8 Å². The smallest absolute Gasteiger partial charge is 0.229 e. The Morgan fingerprint density at radius 2 is 1.77 bits per heavy atom. The fraction of sp³-hybridized carbons (Fsp3) is 0.409. The van der Waals surface area contributed by atoms with Gasteiger partial charge in [0.05, 0.1) is 26.2 Å². The molecular formula is C22H30N2O6S. The Bertz CT molecular complexity index is 991. The molecule has 0 atom stereocenters. The number of unbranched alkanes of at least 4 members (excludes halogenated alkanes) is 2. The molecule has 31 heavy (non-hydrogen) atoms. The number of hydrogen-bond acceptors (Lipinski definition) is 6. The largest absolute Gasteiger partial charge is 0.497 e. The Hall–Kier alpha value is -2.94. The number of methoxy groups -OCH3 is 2. The van der Waals surface area contributed by atoms with Gasteiger partial charge in [-0.15, -0.1) is 0 Å². The van der Waals surface area contributed by atoms with E-state index in [0.717, 1.165) is 31.1 Å². The van der Waals surface area contributed by atoms with Crippen molar-refractivity contribution in [2.75, 3.05) is 30.5 Å². The van der Waals surface area contributed by atoms with Crippen LogP contribution in [0.5, 0.6) is 17.2 Å². The summed E-state index contributed by atoms with van der Waals surface area (Å²) in [5.41, 5.74) is 1.52. The molecule has 0 unspecified atom stereocenters. The molecule has 1 amide bonds. The van der Waals surface area contributed by atoms with Gasteiger partial charge >= 0.3 is 0 Å². The summed E-state index contributed by atoms with van der Waals surface area (Å²) in [4.78, 5) is 12.2. The summed E-state index contributed by atoms with van der Waals surface area (Å²) in [6.07, 6.45) is 4.32. The van der Waals surface area contributed by atoms with Crippen molar-refractivity contribution in [3.63, 3.8) is 0 Å². The van der Waals surface area contributed by atoms with Gasteiger partial charge in [0.15, 0.2) is 0 Å². The number of hydrogen-bond donors (Lipinski definition) is 2. The standard InChI is InChI=1S/C22H30N2O6S/c1-5-6-7-8-22(25)23-17-9-11-19(24-31(4,26)27)21(14-17)30-15-16-13-18(28-2)10-12-20(16)29-3/h9-14,24H,5-8,15H2,1-4H3,(H,23,25). The fourth-order valence-electron chi connectivity index (χ4n) is 2.91. The van der Waals surface area contributed by atoms with E-state index < -0.39 is 10.0 Å². The molecule has 0 aliphatic heterocycles. The second-order valence-electron chi connectivity index (χ2n) is 7.06. The molecule has 2 N–H and O–H groups in total. The van der Waals surface area contributed by atoms with Gasteiger partial charge in [0.25, 0.3) is 0 Å². The molecule has 0 aliphatic rings. The van der Waals surface area contributed by atoms with Gasteiger partial charge in [-0.25, -0.2) is 8.42 Å². The van der Waals surface area contributed by atoms with Crippen molar-refractivity contribution in [2.45, 2.75) is 39.2 Å². The van der Waals surface area contributed by atoms with Gasteiger partial charge in [0.1, 0.15) is 23.9 Å². The lowest BCUT2D eigenvalue weighted by Gasteiger charge is -2.16. The van der Waals surface area contributed by atoms with E-state index >= 15 is 0 Å². The maximum Gasteiger partial charge on any atom is 0.229 e. The maximum atomic E-state index is 12.2. The van der Waals surface area contributed by atoms with Gasteiger partial charge in [-0.05, 0) is 36.8 Å². The number of anilines is 2. The van der Waals surface area contributed by atoms with E-state index in [1.54, 1.807) is 50.6 Å². The minimum atomic E-state index is -3.52. The molecular weight excluding hydrogens is 420 g/mol. The molecule has 9 heteroatoms. The zero-order chi connectivity index (χ0) is 22.9. The average molecular weight is 451 g/mol. The van der Waals surface area contributed by atoms with Crippen molar-refractivity contribution in [1.82, 2.24) is 0 Å². The summed E-state index contributed by atoms with van der Waals surface area (Å²) in [5.74, 6) is 1.43. The normalized spacial score (nSPS) is 11.0. The molecule has 0 saturated heterocycles. The van der Waals surface area contributed by atoms with Crippen LogP contribution >= 0.6 is 0 Å². The summed E-state index contributed by atoms with van der Waals surface area (Å²) in [5, 5.41) is 2.83. The molecule has 2 aromatic carbocycles. The van der Waals surface area contributed by atoms with Crippen molar-refractivity contribution in [2.24, 2.45) is 0 Å². The minimum absolute atomic E-state index is 0.0994. The lowest BCUT2D eigenvalue weighted by atomic mass is 10.2. The van der Waals surface area contributed by atoms with Gasteiger partial charge < -0.3 is 19.5 Å². The zero-order valence-corrected chi connectivity index (χ0v) is 19.2. The summed E-state index contributed by atoms with van der Waals surface area (Å²) < 4.78 is 42.5. The molecule has 2 aromatic rings. The molecule has 2 rings (SSSR count). The summed E-state index contributed by atoms with van der Waals surface area (Å²) in [7, 11) is -0.404. The third kappa shape index (κ3) is 8.01. The van der Waals surface area contributed by atoms with Gasteiger partial charge in [0.2, 0.25) is 15.9 Å². The van der Waals surface area contributed by atoms with Crippen LogP contribution in [0.1, 0.15) is 38.2 Å². The van der Waals surface area contributed by atoms with Gasteiger partial charge in [0, 0.05) is 23.7 Å². The summed E-state index contributed by atoms with van der Waals surface area (Å²) >= 11 is 0. The van der Waals surface area contributed by atoms with Crippen LogP contribution in [0.25, 0.3) is 0 Å². The van der Waals surface area contributed by atoms with E-state index in [-0.39, 0.29) is 24.0 Å². The van der Waals surface area contributed by atoms with Crippen molar-refractivity contribution in [3.8, 4) is 17.2 Å². The molecule has 0 aromatic heterocycles. The molecule has 0 aliphatic carbocycles. The number of carbonyl (C=O) groups excluding carboxylic acids is 1. The van der Waals surface area contributed by atoms with E-state index in [9.17, 15) is 13.2 Å². The van der Waals surface area contributed by atoms with Crippen LogP contribution in [0.3, 0.4) is 0 Å². The highest BCUT2D eigenvalue weighted by molar-refractivity contribution is 7.92. The second kappa shape index (κ2) is 11.5. The van der Waals surface area contributed by atoms with Gasteiger partial charge in [-0.2, -0.15) is 0 Å². The zero-order valence-electron chi connectivity index (χ0n) is 18.4. The first kappa shape index (κ1) is 24.3. The molecule has 0 radical (unpaired) electrons. The Labute approximate surface area is 184 Å². The molecule has 0 saturated carbocycles. The minimum Gasteiger partial charge on any atom is -0.497 e. The lowest BCUT2D eigenvalue weighted by molar-refractivity contribution is -0.116. The first-order valence-corrected chi connectivity index (χ1v) is 11.9. The van der Waals surface area contributed by atoms with E-state index in [1.807, 2.05) is 0 Å². The third-order valence-electron chi connectivity index (χ3n) is 4.44. The number of carbonyl (C=O) groups is 1. The predicted molar refractivity (Wildman–Crippen MR) is 122 cm³/mol. The van der Waals surface area contributed by atoms with Crippen molar-refractivity contribution in [3.05, 3.63) is 42.0 Å². The van der Waals surface area contributed by atoms with Crippen LogP contribution in [0.15, 0.2) is 36.4 Å². The van der Waals surface area contributed by atoms with E-state index in [0.29, 0.717) is 23.6 Å². The molecule has 8 nitrogen and oxygen atoms in total. The Kier molecular flexibility index (Phi) is 8.99. The number of sulfonamides is 1. The van der Waals surface area contributed by atoms with Crippen LogP contribution in [0, 0.1) is 0 Å². The maximum absolute atomic E-state index is 12.2. The van der Waals surface area contributed by atoms with E-state index in [1.165, 1.54) is 0 Å². The van der Waals surface area contributed by atoms with E-state index in [2.05, 4.69) is 17.0 Å². The molecule has 0 bridgehead atoms. The number of rotatable bonds is 12. The number of amides is 1. The van der Waals surface area contributed by atoms with E-state index in [4.69, 9.17) is 14.2 Å². The third-order valence-corrected chi connectivity index (χ3v) is 5.03. The van der Waals surface area contributed by atoms with Crippen LogP contribution in [0.2, 0.25) is 0 Å². The van der Waals surface area contributed by atoms with Crippen molar-refractivity contribution >= 4 is 27.3 Å². The molecule has 170 valence electrons. The quantitative estimate of drug-likeness (QED) is 0.471. The Morgan fingerprint density at radius 3 is 2.42 bits per heavy atom. The topological polar surface area (TPSA) is 103 Å². The molecule has 0 heterocycles.